The van der Waals surface area contributed by atoms with Gasteiger partial charge in [0.1, 0.15) is 0 Å². The van der Waals surface area contributed by atoms with Crippen LogP contribution in [0.4, 0.5) is 0 Å². The highest BCUT2D eigenvalue weighted by Gasteiger charge is 2.23. The lowest BCUT2D eigenvalue weighted by molar-refractivity contribution is 0.167. The van der Waals surface area contributed by atoms with Gasteiger partial charge in [0.05, 0.1) is 5.02 Å². The Balaban J connectivity index is 0.00000144. The molecule has 0 saturated carbocycles. The van der Waals surface area contributed by atoms with E-state index >= 15 is 0 Å². The Morgan fingerprint density at radius 1 is 1.39 bits per heavy atom. The molecule has 1 aliphatic heterocycles. The molecule has 106 valence electrons. The predicted molar refractivity (Wildman–Crippen MR) is 85.9 cm³/mol. The van der Waals surface area contributed by atoms with Crippen molar-refractivity contribution in [1.29, 1.82) is 0 Å². The Morgan fingerprint density at radius 2 is 2.06 bits per heavy atom. The molecule has 2 rings (SSSR count). The van der Waals surface area contributed by atoms with Gasteiger partial charge >= 0.3 is 0 Å². The average molecular weight is 332 g/mol. The molecule has 2 nitrogen and oxygen atoms in total. The maximum absolute atomic E-state index is 6.26. The van der Waals surface area contributed by atoms with E-state index in [0.717, 1.165) is 31.2 Å². The fourth-order valence-electron chi connectivity index (χ4n) is 2.29. The van der Waals surface area contributed by atoms with Gasteiger partial charge in [0, 0.05) is 37.1 Å². The molecule has 1 N–H and O–H groups in total. The topological polar surface area (TPSA) is 15.3 Å². The highest BCUT2D eigenvalue weighted by atomic mass is 35.5. The summed E-state index contributed by atoms with van der Waals surface area (Å²) in [6, 6.07) is 2.55. The lowest BCUT2D eigenvalue weighted by atomic mass is 10.1. The number of hydrogen-bond acceptors (Lipinski definition) is 3. The molecule has 18 heavy (non-hydrogen) atoms. The molecule has 0 bridgehead atoms. The van der Waals surface area contributed by atoms with E-state index in [9.17, 15) is 0 Å². The first-order valence-corrected chi connectivity index (χ1v) is 7.26. The summed E-state index contributed by atoms with van der Waals surface area (Å²) in [7, 11) is 0. The molecular formula is C12H21Cl3N2S. The third-order valence-electron chi connectivity index (χ3n) is 3.10. The van der Waals surface area contributed by atoms with Crippen molar-refractivity contribution < 1.29 is 0 Å². The number of piperazine rings is 1. The summed E-state index contributed by atoms with van der Waals surface area (Å²) < 4.78 is 0. The summed E-state index contributed by atoms with van der Waals surface area (Å²) >= 11 is 8.05. The third kappa shape index (κ3) is 4.55. The second kappa shape index (κ2) is 9.40. The molecule has 1 saturated heterocycles. The molecule has 0 spiro atoms. The van der Waals surface area contributed by atoms with Crippen molar-refractivity contribution in [1.82, 2.24) is 10.2 Å². The van der Waals surface area contributed by atoms with Gasteiger partial charge in [-0.15, -0.1) is 36.2 Å². The van der Waals surface area contributed by atoms with Gasteiger partial charge in [-0.05, 0) is 17.9 Å². The molecule has 1 atom stereocenters. The van der Waals surface area contributed by atoms with Crippen LogP contribution in [-0.2, 0) is 0 Å². The molecular weight excluding hydrogens is 311 g/mol. The Hall–Kier alpha value is 0.490. The van der Waals surface area contributed by atoms with E-state index in [-0.39, 0.29) is 24.8 Å². The summed E-state index contributed by atoms with van der Waals surface area (Å²) in [5.74, 6) is 0. The number of hydrogen-bond donors (Lipinski definition) is 1. The normalized spacial score (nSPS) is 17.7. The molecule has 1 aromatic rings. The van der Waals surface area contributed by atoms with Crippen LogP contribution in [-0.4, -0.2) is 31.1 Å². The number of nitrogens with one attached hydrogen (secondary N) is 1. The van der Waals surface area contributed by atoms with Crippen LogP contribution in [0, 0.1) is 0 Å². The average Bonchev–Trinajstić information content (AvgIpc) is 2.73. The zero-order valence-corrected chi connectivity index (χ0v) is 13.7. The molecule has 0 amide bonds. The van der Waals surface area contributed by atoms with Crippen LogP contribution in [0.1, 0.15) is 30.7 Å². The quantitative estimate of drug-likeness (QED) is 0.897. The number of rotatable bonds is 4. The standard InChI is InChI=1S/C12H19ClN2S.2ClH/c1-2-3-11(12-10(13)4-9-16-12)15-7-5-14-6-8-15;;/h4,9,11,14H,2-3,5-8H2,1H3;2*1H/t11-;;/m0../s1. The Morgan fingerprint density at radius 3 is 2.56 bits per heavy atom. The van der Waals surface area contributed by atoms with Crippen LogP contribution >= 0.6 is 47.8 Å². The zero-order valence-electron chi connectivity index (χ0n) is 10.5. The smallest absolute Gasteiger partial charge is 0.0561 e. The largest absolute Gasteiger partial charge is 0.314 e. The molecule has 2 heterocycles. The molecule has 0 unspecified atom stereocenters. The molecule has 0 aliphatic carbocycles. The lowest BCUT2D eigenvalue weighted by Gasteiger charge is -2.34. The van der Waals surface area contributed by atoms with Gasteiger partial charge < -0.3 is 5.32 Å². The summed E-state index contributed by atoms with van der Waals surface area (Å²) in [6.45, 7) is 6.72. The fraction of sp³-hybridized carbons (Fsp3) is 0.667. The van der Waals surface area contributed by atoms with Crippen molar-refractivity contribution in [2.75, 3.05) is 26.2 Å². The van der Waals surface area contributed by atoms with Gasteiger partial charge in [-0.1, -0.05) is 24.9 Å². The SMILES string of the molecule is CCC[C@@H](c1sccc1Cl)N1CCNCC1.Cl.Cl. The summed E-state index contributed by atoms with van der Waals surface area (Å²) in [6.07, 6.45) is 2.42. The number of halogens is 3. The monoisotopic (exact) mass is 330 g/mol. The maximum Gasteiger partial charge on any atom is 0.0561 e. The highest BCUT2D eigenvalue weighted by Crippen LogP contribution is 2.35. The second-order valence-electron chi connectivity index (χ2n) is 4.22. The van der Waals surface area contributed by atoms with Gasteiger partial charge in [-0.25, -0.2) is 0 Å². The van der Waals surface area contributed by atoms with Gasteiger partial charge in [0.2, 0.25) is 0 Å². The van der Waals surface area contributed by atoms with Crippen molar-refractivity contribution in [3.05, 3.63) is 21.3 Å². The van der Waals surface area contributed by atoms with E-state index in [2.05, 4.69) is 22.5 Å². The van der Waals surface area contributed by atoms with Crippen LogP contribution in [0.2, 0.25) is 5.02 Å². The van der Waals surface area contributed by atoms with E-state index in [0.29, 0.717) is 6.04 Å². The van der Waals surface area contributed by atoms with Crippen molar-refractivity contribution >= 4 is 47.8 Å². The van der Waals surface area contributed by atoms with Crippen LogP contribution < -0.4 is 5.32 Å². The van der Waals surface area contributed by atoms with E-state index in [4.69, 9.17) is 11.6 Å². The van der Waals surface area contributed by atoms with E-state index in [1.807, 2.05) is 6.07 Å². The minimum atomic E-state index is 0. The van der Waals surface area contributed by atoms with Gasteiger partial charge in [-0.3, -0.25) is 4.90 Å². The predicted octanol–water partition coefficient (Wildman–Crippen LogP) is 3.99. The molecule has 6 heteroatoms. The van der Waals surface area contributed by atoms with E-state index in [1.165, 1.54) is 17.7 Å². The van der Waals surface area contributed by atoms with Gasteiger partial charge in [0.15, 0.2) is 0 Å². The minimum Gasteiger partial charge on any atom is -0.314 e. The Kier molecular flexibility index (Phi) is 9.66. The van der Waals surface area contributed by atoms with Crippen LogP contribution in [0.5, 0.6) is 0 Å². The highest BCUT2D eigenvalue weighted by molar-refractivity contribution is 7.10. The molecule has 1 aromatic heterocycles. The number of thiophene rings is 1. The first-order chi connectivity index (χ1) is 7.83. The van der Waals surface area contributed by atoms with Crippen molar-refractivity contribution in [3.8, 4) is 0 Å². The maximum atomic E-state index is 6.26. The molecule has 0 aromatic carbocycles. The van der Waals surface area contributed by atoms with Gasteiger partial charge in [-0.2, -0.15) is 0 Å². The second-order valence-corrected chi connectivity index (χ2v) is 5.58. The Labute approximate surface area is 131 Å². The summed E-state index contributed by atoms with van der Waals surface area (Å²) in [5.41, 5.74) is 0. The lowest BCUT2D eigenvalue weighted by Crippen LogP contribution is -2.45. The van der Waals surface area contributed by atoms with E-state index < -0.39 is 0 Å². The fourth-order valence-corrected chi connectivity index (χ4v) is 3.64. The first kappa shape index (κ1) is 18.5. The van der Waals surface area contributed by atoms with Gasteiger partial charge in [0.25, 0.3) is 0 Å². The zero-order chi connectivity index (χ0) is 11.4. The Bertz CT molecular complexity index is 327. The molecule has 1 aliphatic rings. The van der Waals surface area contributed by atoms with Crippen LogP contribution in [0.3, 0.4) is 0 Å². The molecule has 1 fully saturated rings. The van der Waals surface area contributed by atoms with Crippen LogP contribution in [0.15, 0.2) is 11.4 Å². The summed E-state index contributed by atoms with van der Waals surface area (Å²) in [4.78, 5) is 3.92. The first-order valence-electron chi connectivity index (χ1n) is 6.00. The molecule has 0 radical (unpaired) electrons. The third-order valence-corrected chi connectivity index (χ3v) is 4.56. The minimum absolute atomic E-state index is 0. The van der Waals surface area contributed by atoms with Crippen molar-refractivity contribution in [2.45, 2.75) is 25.8 Å². The number of nitrogens with zero attached hydrogens (tertiary/aromatic N) is 1. The van der Waals surface area contributed by atoms with Crippen molar-refractivity contribution in [2.24, 2.45) is 0 Å². The van der Waals surface area contributed by atoms with Crippen LogP contribution in [0.25, 0.3) is 0 Å². The van der Waals surface area contributed by atoms with Crippen molar-refractivity contribution in [3.63, 3.8) is 0 Å². The summed E-state index contributed by atoms with van der Waals surface area (Å²) in [5, 5.41) is 6.45. The van der Waals surface area contributed by atoms with E-state index in [1.54, 1.807) is 11.3 Å².